The highest BCUT2D eigenvalue weighted by atomic mass is 79.9. The molecule has 1 aromatic heterocycles. The van der Waals surface area contributed by atoms with Crippen molar-refractivity contribution in [3.8, 4) is 0 Å². The van der Waals surface area contributed by atoms with E-state index < -0.39 is 0 Å². The van der Waals surface area contributed by atoms with Crippen molar-refractivity contribution in [2.75, 3.05) is 0 Å². The van der Waals surface area contributed by atoms with Gasteiger partial charge in [0.05, 0.1) is 0 Å². The maximum Gasteiger partial charge on any atom is 0.254 e. The molecule has 2 aromatic carbocycles. The Morgan fingerprint density at radius 3 is 2.60 bits per heavy atom. The maximum absolute atomic E-state index is 13.1. The lowest BCUT2D eigenvalue weighted by atomic mass is 10.1. The molecule has 0 radical (unpaired) electrons. The highest BCUT2D eigenvalue weighted by molar-refractivity contribution is 9.10. The topological polar surface area (TPSA) is 33.2 Å². The molecule has 0 aliphatic carbocycles. The third-order valence-electron chi connectivity index (χ3n) is 4.08. The van der Waals surface area contributed by atoms with E-state index in [-0.39, 0.29) is 5.91 Å². The first-order chi connectivity index (χ1) is 12.1. The Morgan fingerprint density at radius 1 is 1.04 bits per heavy atom. The van der Waals surface area contributed by atoms with Crippen LogP contribution in [-0.4, -0.2) is 15.8 Å². The molecule has 0 saturated carbocycles. The highest BCUT2D eigenvalue weighted by Crippen LogP contribution is 2.18. The summed E-state index contributed by atoms with van der Waals surface area (Å²) in [7, 11) is 0. The Kier molecular flexibility index (Phi) is 5.61. The van der Waals surface area contributed by atoms with Crippen molar-refractivity contribution in [2.45, 2.75) is 20.0 Å². The molecule has 0 fully saturated rings. The first-order valence-corrected chi connectivity index (χ1v) is 8.91. The van der Waals surface area contributed by atoms with Crippen LogP contribution < -0.4 is 0 Å². The van der Waals surface area contributed by atoms with Crippen molar-refractivity contribution in [1.82, 2.24) is 9.88 Å². The lowest BCUT2D eigenvalue weighted by Crippen LogP contribution is -2.30. The highest BCUT2D eigenvalue weighted by Gasteiger charge is 2.17. The van der Waals surface area contributed by atoms with E-state index in [0.717, 1.165) is 15.6 Å². The van der Waals surface area contributed by atoms with Gasteiger partial charge in [-0.25, -0.2) is 0 Å². The van der Waals surface area contributed by atoms with Crippen LogP contribution in [0.5, 0.6) is 0 Å². The van der Waals surface area contributed by atoms with Crippen molar-refractivity contribution in [2.24, 2.45) is 0 Å². The summed E-state index contributed by atoms with van der Waals surface area (Å²) in [6, 6.07) is 19.6. The zero-order chi connectivity index (χ0) is 17.6. The monoisotopic (exact) mass is 394 g/mol. The van der Waals surface area contributed by atoms with Gasteiger partial charge in [-0.1, -0.05) is 52.3 Å². The predicted molar refractivity (Wildman–Crippen MR) is 103 cm³/mol. The maximum atomic E-state index is 13.1. The minimum Gasteiger partial charge on any atom is -0.330 e. The number of aromatic nitrogens is 1. The van der Waals surface area contributed by atoms with E-state index in [4.69, 9.17) is 0 Å². The van der Waals surface area contributed by atoms with Crippen LogP contribution in [0.1, 0.15) is 27.0 Å². The quantitative estimate of drug-likeness (QED) is 0.610. The molecule has 1 amide bonds. The van der Waals surface area contributed by atoms with Crippen molar-refractivity contribution in [3.63, 3.8) is 0 Å². The number of benzene rings is 2. The van der Waals surface area contributed by atoms with Crippen LogP contribution in [-0.2, 0) is 13.1 Å². The van der Waals surface area contributed by atoms with Crippen LogP contribution in [0.15, 0.2) is 77.5 Å². The molecular weight excluding hydrogens is 376 g/mol. The number of aryl methyl sites for hydroxylation is 1. The SMILES string of the molecule is Cc1ccccc1CN(Cc1cccnc1)C(=O)c1cccc(Br)c1. The van der Waals surface area contributed by atoms with Crippen LogP contribution in [0.4, 0.5) is 0 Å². The summed E-state index contributed by atoms with van der Waals surface area (Å²) in [4.78, 5) is 19.1. The second-order valence-electron chi connectivity index (χ2n) is 5.96. The van der Waals surface area contributed by atoms with Gasteiger partial charge in [0.25, 0.3) is 5.91 Å². The fraction of sp³-hybridized carbons (Fsp3) is 0.143. The van der Waals surface area contributed by atoms with E-state index in [1.807, 2.05) is 53.4 Å². The standard InChI is InChI=1S/C21H19BrN2O/c1-16-6-2-3-8-19(16)15-24(14-17-7-5-11-23-13-17)21(25)18-9-4-10-20(22)12-18/h2-13H,14-15H2,1H3. The van der Waals surface area contributed by atoms with Gasteiger partial charge >= 0.3 is 0 Å². The van der Waals surface area contributed by atoms with Gasteiger partial charge in [0, 0.05) is 35.5 Å². The zero-order valence-corrected chi connectivity index (χ0v) is 15.6. The summed E-state index contributed by atoms with van der Waals surface area (Å²) < 4.78 is 0.899. The summed E-state index contributed by atoms with van der Waals surface area (Å²) in [5, 5.41) is 0. The van der Waals surface area contributed by atoms with E-state index in [9.17, 15) is 4.79 Å². The Bertz CT molecular complexity index is 865. The van der Waals surface area contributed by atoms with Gasteiger partial charge in [-0.05, 0) is 47.9 Å². The second kappa shape index (κ2) is 8.08. The fourth-order valence-corrected chi connectivity index (χ4v) is 3.11. The average Bonchev–Trinajstić information content (AvgIpc) is 2.63. The first-order valence-electron chi connectivity index (χ1n) is 8.12. The van der Waals surface area contributed by atoms with Crippen molar-refractivity contribution in [3.05, 3.63) is 99.8 Å². The van der Waals surface area contributed by atoms with E-state index in [1.54, 1.807) is 12.4 Å². The van der Waals surface area contributed by atoms with Crippen LogP contribution in [0.2, 0.25) is 0 Å². The molecule has 0 spiro atoms. The summed E-state index contributed by atoms with van der Waals surface area (Å²) >= 11 is 3.44. The number of hydrogen-bond donors (Lipinski definition) is 0. The van der Waals surface area contributed by atoms with E-state index in [1.165, 1.54) is 5.56 Å². The molecule has 126 valence electrons. The molecule has 0 N–H and O–H groups in total. The Morgan fingerprint density at radius 2 is 1.88 bits per heavy atom. The van der Waals surface area contributed by atoms with Gasteiger partial charge in [-0.15, -0.1) is 0 Å². The van der Waals surface area contributed by atoms with Crippen LogP contribution in [0.3, 0.4) is 0 Å². The number of nitrogens with zero attached hydrogens (tertiary/aromatic N) is 2. The summed E-state index contributed by atoms with van der Waals surface area (Å²) in [5.74, 6) is 0.00778. The largest absolute Gasteiger partial charge is 0.330 e. The van der Waals surface area contributed by atoms with Crippen molar-refractivity contribution in [1.29, 1.82) is 0 Å². The van der Waals surface area contributed by atoms with Gasteiger partial charge in [0.15, 0.2) is 0 Å². The Balaban J connectivity index is 1.91. The number of halogens is 1. The summed E-state index contributed by atoms with van der Waals surface area (Å²) in [5.41, 5.74) is 4.02. The van der Waals surface area contributed by atoms with E-state index in [2.05, 4.69) is 40.0 Å². The van der Waals surface area contributed by atoms with Gasteiger partial charge in [-0.2, -0.15) is 0 Å². The lowest BCUT2D eigenvalue weighted by Gasteiger charge is -2.24. The average molecular weight is 395 g/mol. The van der Waals surface area contributed by atoms with Crippen LogP contribution in [0.25, 0.3) is 0 Å². The number of hydrogen-bond acceptors (Lipinski definition) is 2. The molecule has 0 aliphatic rings. The van der Waals surface area contributed by atoms with Crippen molar-refractivity contribution < 1.29 is 4.79 Å². The molecule has 0 unspecified atom stereocenters. The number of carbonyl (C=O) groups is 1. The van der Waals surface area contributed by atoms with Crippen LogP contribution in [0, 0.1) is 6.92 Å². The fourth-order valence-electron chi connectivity index (χ4n) is 2.71. The molecule has 1 heterocycles. The molecule has 3 nitrogen and oxygen atoms in total. The lowest BCUT2D eigenvalue weighted by molar-refractivity contribution is 0.0729. The predicted octanol–water partition coefficient (Wildman–Crippen LogP) is 5.00. The van der Waals surface area contributed by atoms with Gasteiger partial charge < -0.3 is 4.90 Å². The zero-order valence-electron chi connectivity index (χ0n) is 14.0. The number of carbonyl (C=O) groups excluding carboxylic acids is 1. The summed E-state index contributed by atoms with van der Waals surface area (Å²) in [6.07, 6.45) is 3.55. The third kappa shape index (κ3) is 4.54. The molecule has 0 aliphatic heterocycles. The van der Waals surface area contributed by atoms with Crippen molar-refractivity contribution >= 4 is 21.8 Å². The molecule has 3 aromatic rings. The smallest absolute Gasteiger partial charge is 0.254 e. The molecule has 0 atom stereocenters. The minimum absolute atomic E-state index is 0.00778. The van der Waals surface area contributed by atoms with Crippen LogP contribution >= 0.6 is 15.9 Å². The molecule has 25 heavy (non-hydrogen) atoms. The summed E-state index contributed by atoms with van der Waals surface area (Å²) in [6.45, 7) is 3.15. The number of rotatable bonds is 5. The minimum atomic E-state index is 0.00778. The second-order valence-corrected chi connectivity index (χ2v) is 6.87. The Labute approximate surface area is 156 Å². The normalized spacial score (nSPS) is 10.5. The van der Waals surface area contributed by atoms with Gasteiger partial charge in [0.2, 0.25) is 0 Å². The van der Waals surface area contributed by atoms with Gasteiger partial charge in [0.1, 0.15) is 0 Å². The van der Waals surface area contributed by atoms with Gasteiger partial charge in [-0.3, -0.25) is 9.78 Å². The Hall–Kier alpha value is -2.46. The third-order valence-corrected chi connectivity index (χ3v) is 4.57. The molecule has 3 rings (SSSR count). The molecule has 0 bridgehead atoms. The van der Waals surface area contributed by atoms with E-state index in [0.29, 0.717) is 18.7 Å². The van der Waals surface area contributed by atoms with E-state index >= 15 is 0 Å². The molecule has 4 heteroatoms. The molecule has 0 saturated heterocycles. The molecular formula is C21H19BrN2O. The number of amides is 1. The first kappa shape index (κ1) is 17.4. The number of pyridine rings is 1.